The first-order valence-corrected chi connectivity index (χ1v) is 4.79. The largest absolute Gasteiger partial charge is 0.480 e. The average Bonchev–Trinajstić information content (AvgIpc) is 2.58. The van der Waals surface area contributed by atoms with Gasteiger partial charge in [0, 0.05) is 19.6 Å². The summed E-state index contributed by atoms with van der Waals surface area (Å²) >= 11 is 0. The summed E-state index contributed by atoms with van der Waals surface area (Å²) in [5.74, 6) is -1.23. The van der Waals surface area contributed by atoms with Gasteiger partial charge in [0.1, 0.15) is 0 Å². The molecule has 2 saturated heterocycles. The first-order valence-electron chi connectivity index (χ1n) is 4.79. The predicted octanol–water partition coefficient (Wildman–Crippen LogP) is -1.17. The lowest BCUT2D eigenvalue weighted by molar-refractivity contribution is -0.146. The van der Waals surface area contributed by atoms with E-state index in [2.05, 4.69) is 5.32 Å². The van der Waals surface area contributed by atoms with E-state index >= 15 is 0 Å². The van der Waals surface area contributed by atoms with Crippen LogP contribution in [-0.2, 0) is 4.79 Å². The van der Waals surface area contributed by atoms with Crippen molar-refractivity contribution < 1.29 is 24.6 Å². The number of hydrogen-bond donors (Lipinski definition) is 3. The Labute approximate surface area is 90.4 Å². The van der Waals surface area contributed by atoms with E-state index in [4.69, 9.17) is 10.2 Å². The molecule has 0 aliphatic carbocycles. The summed E-state index contributed by atoms with van der Waals surface area (Å²) in [5, 5.41) is 20.4. The van der Waals surface area contributed by atoms with Crippen LogP contribution in [0.2, 0.25) is 0 Å². The Morgan fingerprint density at radius 1 is 1.31 bits per heavy atom. The van der Waals surface area contributed by atoms with E-state index in [1.54, 1.807) is 0 Å². The number of amides is 3. The van der Waals surface area contributed by atoms with Gasteiger partial charge < -0.3 is 20.4 Å². The van der Waals surface area contributed by atoms with E-state index in [1.165, 1.54) is 4.90 Å². The summed E-state index contributed by atoms with van der Waals surface area (Å²) in [7, 11) is 0. The molecule has 8 nitrogen and oxygen atoms in total. The summed E-state index contributed by atoms with van der Waals surface area (Å²) in [6.07, 6.45) is -1.27. The van der Waals surface area contributed by atoms with Crippen LogP contribution in [0.4, 0.5) is 9.59 Å². The molecule has 88 valence electrons. The van der Waals surface area contributed by atoms with E-state index in [0.717, 1.165) is 4.90 Å². The number of fused-ring (bicyclic) bond motifs is 1. The van der Waals surface area contributed by atoms with Gasteiger partial charge in [-0.05, 0) is 0 Å². The van der Waals surface area contributed by atoms with Crippen LogP contribution in [0, 0.1) is 0 Å². The van der Waals surface area contributed by atoms with Crippen molar-refractivity contribution in [3.8, 4) is 0 Å². The molecule has 2 aliphatic heterocycles. The highest BCUT2D eigenvalue weighted by molar-refractivity contribution is 5.84. The van der Waals surface area contributed by atoms with Gasteiger partial charge in [0.25, 0.3) is 0 Å². The van der Waals surface area contributed by atoms with Crippen molar-refractivity contribution in [1.29, 1.82) is 0 Å². The molecule has 2 heterocycles. The van der Waals surface area contributed by atoms with Gasteiger partial charge in [0.05, 0.1) is 6.04 Å². The van der Waals surface area contributed by atoms with Gasteiger partial charge in [0.2, 0.25) is 0 Å². The van der Waals surface area contributed by atoms with Gasteiger partial charge in [-0.25, -0.2) is 14.4 Å². The Morgan fingerprint density at radius 3 is 2.56 bits per heavy atom. The van der Waals surface area contributed by atoms with Crippen molar-refractivity contribution in [3.05, 3.63) is 0 Å². The fourth-order valence-electron chi connectivity index (χ4n) is 2.18. The third-order valence-corrected chi connectivity index (χ3v) is 2.90. The number of nitrogens with one attached hydrogen (secondary N) is 1. The quantitative estimate of drug-likeness (QED) is 0.524. The highest BCUT2D eigenvalue weighted by Gasteiger charge is 2.48. The van der Waals surface area contributed by atoms with E-state index in [-0.39, 0.29) is 25.7 Å². The first kappa shape index (κ1) is 10.5. The summed E-state index contributed by atoms with van der Waals surface area (Å²) in [6, 6.07) is -2.14. The summed E-state index contributed by atoms with van der Waals surface area (Å²) in [5.41, 5.74) is 0. The molecule has 0 spiro atoms. The Bertz CT molecular complexity index is 358. The van der Waals surface area contributed by atoms with Crippen molar-refractivity contribution in [3.63, 3.8) is 0 Å². The van der Waals surface area contributed by atoms with Crippen molar-refractivity contribution >= 4 is 18.1 Å². The molecule has 0 radical (unpaired) electrons. The van der Waals surface area contributed by atoms with Gasteiger partial charge in [-0.15, -0.1) is 0 Å². The van der Waals surface area contributed by atoms with Crippen LogP contribution in [0.3, 0.4) is 0 Å². The van der Waals surface area contributed by atoms with Crippen molar-refractivity contribution in [1.82, 2.24) is 15.1 Å². The van der Waals surface area contributed by atoms with Crippen LogP contribution >= 0.6 is 0 Å². The van der Waals surface area contributed by atoms with E-state index in [9.17, 15) is 14.4 Å². The molecule has 0 aromatic carbocycles. The second-order valence-corrected chi connectivity index (χ2v) is 3.71. The van der Waals surface area contributed by atoms with Crippen LogP contribution in [0.25, 0.3) is 0 Å². The van der Waals surface area contributed by atoms with Crippen molar-refractivity contribution in [2.24, 2.45) is 0 Å². The molecule has 0 aromatic heterocycles. The van der Waals surface area contributed by atoms with Crippen molar-refractivity contribution in [2.75, 3.05) is 19.6 Å². The monoisotopic (exact) mass is 229 g/mol. The maximum Gasteiger partial charge on any atom is 0.408 e. The number of carboxylic acid groups (broad SMARTS) is 2. The zero-order chi connectivity index (χ0) is 11.9. The fraction of sp³-hybridized carbons (Fsp3) is 0.625. The third-order valence-electron chi connectivity index (χ3n) is 2.90. The first-order chi connectivity index (χ1) is 7.52. The van der Waals surface area contributed by atoms with Crippen LogP contribution in [0.5, 0.6) is 0 Å². The topological polar surface area (TPSA) is 110 Å². The smallest absolute Gasteiger partial charge is 0.408 e. The molecule has 8 heteroatoms. The maximum absolute atomic E-state index is 11.3. The predicted molar refractivity (Wildman–Crippen MR) is 50.0 cm³/mol. The lowest BCUT2D eigenvalue weighted by Gasteiger charge is -2.39. The van der Waals surface area contributed by atoms with Gasteiger partial charge in [-0.3, -0.25) is 4.90 Å². The number of urea groups is 1. The number of piperazine rings is 1. The lowest BCUT2D eigenvalue weighted by Crippen LogP contribution is -2.62. The van der Waals surface area contributed by atoms with Crippen molar-refractivity contribution in [2.45, 2.75) is 12.1 Å². The Balaban J connectivity index is 2.27. The minimum absolute atomic E-state index is 0.0240. The molecular weight excluding hydrogens is 218 g/mol. The number of rotatable bonds is 1. The number of nitrogens with zero attached hydrogens (tertiary/aromatic N) is 2. The summed E-state index contributed by atoms with van der Waals surface area (Å²) < 4.78 is 0. The highest BCUT2D eigenvalue weighted by atomic mass is 16.4. The molecule has 2 aliphatic rings. The van der Waals surface area contributed by atoms with Gasteiger partial charge >= 0.3 is 18.1 Å². The van der Waals surface area contributed by atoms with Crippen LogP contribution < -0.4 is 5.32 Å². The molecule has 2 rings (SSSR count). The average molecular weight is 229 g/mol. The number of aliphatic carboxylic acids is 1. The van der Waals surface area contributed by atoms with Crippen LogP contribution in [-0.4, -0.2) is 69.8 Å². The molecule has 0 aromatic rings. The van der Waals surface area contributed by atoms with Gasteiger partial charge in [-0.1, -0.05) is 0 Å². The number of carboxylic acids is 1. The second kappa shape index (κ2) is 3.54. The van der Waals surface area contributed by atoms with Gasteiger partial charge in [0.15, 0.2) is 6.04 Å². The molecular formula is C8H11N3O5. The van der Waals surface area contributed by atoms with Gasteiger partial charge in [-0.2, -0.15) is 0 Å². The summed E-state index contributed by atoms with van der Waals surface area (Å²) in [6.45, 7) is 0.419. The van der Waals surface area contributed by atoms with Crippen LogP contribution in [0.15, 0.2) is 0 Å². The number of carbonyl (C=O) groups is 3. The van der Waals surface area contributed by atoms with E-state index in [0.29, 0.717) is 0 Å². The molecule has 2 atom stereocenters. The van der Waals surface area contributed by atoms with Crippen LogP contribution in [0.1, 0.15) is 0 Å². The van der Waals surface area contributed by atoms with E-state index in [1.807, 2.05) is 0 Å². The second-order valence-electron chi connectivity index (χ2n) is 3.71. The minimum atomic E-state index is -1.27. The molecule has 0 saturated carbocycles. The SMILES string of the molecule is O=C(O)C1C2CNC(=O)N2CCN1C(=O)O. The summed E-state index contributed by atoms with van der Waals surface area (Å²) in [4.78, 5) is 35.5. The molecule has 16 heavy (non-hydrogen) atoms. The number of carbonyl (C=O) groups excluding carboxylic acids is 1. The molecule has 3 amide bonds. The molecule has 2 fully saturated rings. The normalized spacial score (nSPS) is 28.6. The Hall–Kier alpha value is -1.99. The highest BCUT2D eigenvalue weighted by Crippen LogP contribution is 2.21. The molecule has 0 bridgehead atoms. The van der Waals surface area contributed by atoms with E-state index < -0.39 is 24.1 Å². The Kier molecular flexibility index (Phi) is 2.33. The minimum Gasteiger partial charge on any atom is -0.480 e. The lowest BCUT2D eigenvalue weighted by atomic mass is 10.0. The maximum atomic E-state index is 11.3. The molecule has 2 unspecified atom stereocenters. The zero-order valence-corrected chi connectivity index (χ0v) is 8.29. The zero-order valence-electron chi connectivity index (χ0n) is 8.29. The third kappa shape index (κ3) is 1.42. The molecule has 3 N–H and O–H groups in total. The number of hydrogen-bond acceptors (Lipinski definition) is 3. The standard InChI is InChI=1S/C8H11N3O5/c12-6(13)5-4-3-9-7(14)10(4)1-2-11(5)8(15)16/h4-5H,1-3H2,(H,9,14)(H,12,13)(H,15,16). The Morgan fingerprint density at radius 2 is 2.00 bits per heavy atom. The fourth-order valence-corrected chi connectivity index (χ4v) is 2.18.